The average Bonchev–Trinajstić information content (AvgIpc) is 3.23. The lowest BCUT2D eigenvalue weighted by Gasteiger charge is -2.14. The highest BCUT2D eigenvalue weighted by atomic mass is 32.1. The summed E-state index contributed by atoms with van der Waals surface area (Å²) >= 11 is 1.52. The van der Waals surface area contributed by atoms with Crippen molar-refractivity contribution in [1.29, 1.82) is 0 Å². The van der Waals surface area contributed by atoms with Crippen LogP contribution in [0.4, 0.5) is 0 Å². The summed E-state index contributed by atoms with van der Waals surface area (Å²) in [6.07, 6.45) is 1.19. The molecule has 128 valence electrons. The lowest BCUT2D eigenvalue weighted by Crippen LogP contribution is -2.32. The van der Waals surface area contributed by atoms with Gasteiger partial charge in [0.1, 0.15) is 5.01 Å². The Kier molecular flexibility index (Phi) is 5.01. The number of nitrogens with zero attached hydrogens (tertiary/aromatic N) is 2. The van der Waals surface area contributed by atoms with Gasteiger partial charge in [0.2, 0.25) is 5.91 Å². The maximum atomic E-state index is 12.3. The molecular formula is C17H21N3O3S. The molecule has 0 radical (unpaired) electrons. The van der Waals surface area contributed by atoms with Crippen molar-refractivity contribution in [3.63, 3.8) is 0 Å². The summed E-state index contributed by atoms with van der Waals surface area (Å²) in [5.74, 6) is 1.43. The molecule has 0 aliphatic carbocycles. The monoisotopic (exact) mass is 347 g/mol. The van der Waals surface area contributed by atoms with Crippen LogP contribution in [0.2, 0.25) is 0 Å². The highest BCUT2D eigenvalue weighted by molar-refractivity contribution is 7.13. The first kappa shape index (κ1) is 16.7. The van der Waals surface area contributed by atoms with Crippen LogP contribution in [0.3, 0.4) is 0 Å². The summed E-state index contributed by atoms with van der Waals surface area (Å²) in [5.41, 5.74) is 7.59. The number of likely N-dealkylation sites (tertiary alicyclic amines) is 1. The van der Waals surface area contributed by atoms with E-state index in [0.29, 0.717) is 24.5 Å². The lowest BCUT2D eigenvalue weighted by atomic mass is 10.2. The van der Waals surface area contributed by atoms with Crippen molar-refractivity contribution in [2.24, 2.45) is 5.73 Å². The fourth-order valence-electron chi connectivity index (χ4n) is 2.77. The van der Waals surface area contributed by atoms with E-state index in [0.717, 1.165) is 29.2 Å². The van der Waals surface area contributed by atoms with Gasteiger partial charge in [0, 0.05) is 30.1 Å². The molecule has 1 saturated heterocycles. The lowest BCUT2D eigenvalue weighted by molar-refractivity contribution is -0.129. The van der Waals surface area contributed by atoms with Gasteiger partial charge in [-0.1, -0.05) is 0 Å². The molecule has 1 atom stereocenters. The molecule has 1 aliphatic rings. The minimum atomic E-state index is 0.0899. The van der Waals surface area contributed by atoms with Gasteiger partial charge in [-0.25, -0.2) is 4.98 Å². The van der Waals surface area contributed by atoms with E-state index >= 15 is 0 Å². The van der Waals surface area contributed by atoms with Crippen molar-refractivity contribution in [1.82, 2.24) is 9.88 Å². The number of hydrogen-bond acceptors (Lipinski definition) is 6. The van der Waals surface area contributed by atoms with Gasteiger partial charge < -0.3 is 20.1 Å². The topological polar surface area (TPSA) is 77.7 Å². The van der Waals surface area contributed by atoms with Crippen LogP contribution in [0.5, 0.6) is 11.5 Å². The second kappa shape index (κ2) is 7.19. The molecule has 1 aliphatic heterocycles. The van der Waals surface area contributed by atoms with Gasteiger partial charge in [0.05, 0.1) is 26.3 Å². The minimum absolute atomic E-state index is 0.0899. The Morgan fingerprint density at radius 1 is 1.38 bits per heavy atom. The Morgan fingerprint density at radius 3 is 2.83 bits per heavy atom. The first-order valence-electron chi connectivity index (χ1n) is 7.81. The summed E-state index contributed by atoms with van der Waals surface area (Å²) in [6.45, 7) is 1.39. The van der Waals surface area contributed by atoms with Crippen LogP contribution in [0.1, 0.15) is 12.1 Å². The van der Waals surface area contributed by atoms with Gasteiger partial charge >= 0.3 is 0 Å². The number of carbonyl (C=O) groups is 1. The summed E-state index contributed by atoms with van der Waals surface area (Å²) in [5, 5.41) is 2.79. The largest absolute Gasteiger partial charge is 0.493 e. The van der Waals surface area contributed by atoms with E-state index in [2.05, 4.69) is 4.98 Å². The number of ether oxygens (including phenoxy) is 2. The van der Waals surface area contributed by atoms with Crippen LogP contribution in [-0.2, 0) is 11.2 Å². The number of amides is 1. The zero-order chi connectivity index (χ0) is 17.1. The minimum Gasteiger partial charge on any atom is -0.493 e. The van der Waals surface area contributed by atoms with E-state index in [1.54, 1.807) is 14.2 Å². The van der Waals surface area contributed by atoms with Gasteiger partial charge in [-0.3, -0.25) is 4.79 Å². The summed E-state index contributed by atoms with van der Waals surface area (Å²) in [4.78, 5) is 18.7. The van der Waals surface area contributed by atoms with Crippen LogP contribution < -0.4 is 15.2 Å². The molecule has 2 N–H and O–H groups in total. The molecule has 24 heavy (non-hydrogen) atoms. The molecule has 1 aromatic heterocycles. The molecule has 1 aromatic carbocycles. The van der Waals surface area contributed by atoms with Crippen LogP contribution in [0, 0.1) is 0 Å². The Balaban J connectivity index is 1.72. The standard InChI is InChI=1S/C17H21N3O3S/c1-22-14-4-3-11(7-15(14)23-2)17-19-13(10-24-17)8-16(21)20-6-5-12(18)9-20/h3-4,7,10,12H,5-6,8-9,18H2,1-2H3/t12-/m1/s1. The Labute approximate surface area is 145 Å². The average molecular weight is 347 g/mol. The van der Waals surface area contributed by atoms with Gasteiger partial charge in [0.25, 0.3) is 0 Å². The van der Waals surface area contributed by atoms with Crippen molar-refractivity contribution < 1.29 is 14.3 Å². The molecule has 0 unspecified atom stereocenters. The Morgan fingerprint density at radius 2 is 2.17 bits per heavy atom. The van der Waals surface area contributed by atoms with E-state index in [1.807, 2.05) is 28.5 Å². The SMILES string of the molecule is COc1ccc(-c2nc(CC(=O)N3CC[C@@H](N)C3)cs2)cc1OC. The van der Waals surface area contributed by atoms with E-state index in [1.165, 1.54) is 11.3 Å². The molecule has 1 amide bonds. The highest BCUT2D eigenvalue weighted by Gasteiger charge is 2.24. The molecule has 0 spiro atoms. The number of benzene rings is 1. The number of aromatic nitrogens is 1. The van der Waals surface area contributed by atoms with Crippen LogP contribution in [0.25, 0.3) is 10.6 Å². The van der Waals surface area contributed by atoms with Crippen molar-refractivity contribution in [3.05, 3.63) is 29.3 Å². The number of carbonyl (C=O) groups excluding carboxylic acids is 1. The van der Waals surface area contributed by atoms with Crippen molar-refractivity contribution in [2.75, 3.05) is 27.3 Å². The van der Waals surface area contributed by atoms with Crippen molar-refractivity contribution in [3.8, 4) is 22.1 Å². The van der Waals surface area contributed by atoms with Gasteiger partial charge in [-0.05, 0) is 24.6 Å². The number of thiazole rings is 1. The number of hydrogen-bond donors (Lipinski definition) is 1. The van der Waals surface area contributed by atoms with Crippen molar-refractivity contribution >= 4 is 17.2 Å². The third kappa shape index (κ3) is 3.52. The zero-order valence-corrected chi connectivity index (χ0v) is 14.6. The fourth-order valence-corrected chi connectivity index (χ4v) is 3.59. The molecule has 6 nitrogen and oxygen atoms in total. The number of methoxy groups -OCH3 is 2. The van der Waals surface area contributed by atoms with Crippen LogP contribution in [-0.4, -0.2) is 49.1 Å². The van der Waals surface area contributed by atoms with Crippen molar-refractivity contribution in [2.45, 2.75) is 18.9 Å². The Hall–Kier alpha value is -2.12. The number of nitrogens with two attached hydrogens (primary N) is 1. The van der Waals surface area contributed by atoms with Gasteiger partial charge in [-0.15, -0.1) is 11.3 Å². The summed E-state index contributed by atoms with van der Waals surface area (Å²) < 4.78 is 10.6. The molecule has 2 aromatic rings. The second-order valence-corrected chi connectivity index (χ2v) is 6.64. The summed E-state index contributed by atoms with van der Waals surface area (Å²) in [7, 11) is 3.21. The van der Waals surface area contributed by atoms with Crippen LogP contribution >= 0.6 is 11.3 Å². The Bertz CT molecular complexity index is 732. The maximum absolute atomic E-state index is 12.3. The third-order valence-electron chi connectivity index (χ3n) is 4.09. The van der Waals surface area contributed by atoms with Gasteiger partial charge in [-0.2, -0.15) is 0 Å². The van der Waals surface area contributed by atoms with E-state index in [4.69, 9.17) is 15.2 Å². The van der Waals surface area contributed by atoms with E-state index in [9.17, 15) is 4.79 Å². The second-order valence-electron chi connectivity index (χ2n) is 5.78. The molecule has 3 rings (SSSR count). The van der Waals surface area contributed by atoms with E-state index < -0.39 is 0 Å². The maximum Gasteiger partial charge on any atom is 0.228 e. The zero-order valence-electron chi connectivity index (χ0n) is 13.8. The normalized spacial score (nSPS) is 17.1. The molecule has 0 saturated carbocycles. The fraction of sp³-hybridized carbons (Fsp3) is 0.412. The molecular weight excluding hydrogens is 326 g/mol. The quantitative estimate of drug-likeness (QED) is 0.894. The number of rotatable bonds is 5. The summed E-state index contributed by atoms with van der Waals surface area (Å²) in [6, 6.07) is 5.78. The van der Waals surface area contributed by atoms with Gasteiger partial charge in [0.15, 0.2) is 11.5 Å². The molecule has 7 heteroatoms. The first-order chi connectivity index (χ1) is 11.6. The predicted molar refractivity (Wildman–Crippen MR) is 93.5 cm³/mol. The van der Waals surface area contributed by atoms with E-state index in [-0.39, 0.29) is 11.9 Å². The molecule has 1 fully saturated rings. The highest BCUT2D eigenvalue weighted by Crippen LogP contribution is 2.33. The molecule has 0 bridgehead atoms. The third-order valence-corrected chi connectivity index (χ3v) is 5.03. The smallest absolute Gasteiger partial charge is 0.228 e. The molecule has 2 heterocycles. The predicted octanol–water partition coefficient (Wildman–Crippen LogP) is 1.93. The van der Waals surface area contributed by atoms with Crippen LogP contribution in [0.15, 0.2) is 23.6 Å². The first-order valence-corrected chi connectivity index (χ1v) is 8.69.